The van der Waals surface area contributed by atoms with Gasteiger partial charge in [-0.2, -0.15) is 0 Å². The minimum Gasteiger partial charge on any atom is -0.478 e. The van der Waals surface area contributed by atoms with Crippen LogP contribution in [0.1, 0.15) is 21.6 Å². The summed E-state index contributed by atoms with van der Waals surface area (Å²) in [7, 11) is 0. The number of carboxylic acids is 1. The van der Waals surface area contributed by atoms with Crippen molar-refractivity contribution in [3.05, 3.63) is 102 Å². The van der Waals surface area contributed by atoms with E-state index in [0.29, 0.717) is 28.6 Å². The summed E-state index contributed by atoms with van der Waals surface area (Å²) in [5, 5.41) is 23.9. The lowest BCUT2D eigenvalue weighted by Crippen LogP contribution is -2.03. The van der Waals surface area contributed by atoms with E-state index in [9.17, 15) is 9.59 Å². The highest BCUT2D eigenvalue weighted by Crippen LogP contribution is 2.36. The monoisotopic (exact) mass is 488 g/mol. The highest BCUT2D eigenvalue weighted by atomic mass is 16.4. The van der Waals surface area contributed by atoms with Crippen LogP contribution in [0.5, 0.6) is 0 Å². The van der Waals surface area contributed by atoms with Crippen molar-refractivity contribution < 1.29 is 14.7 Å². The van der Waals surface area contributed by atoms with Crippen molar-refractivity contribution in [2.45, 2.75) is 0 Å². The first-order chi connectivity index (χ1) is 18.0. The normalized spacial score (nSPS) is 13.4. The second kappa shape index (κ2) is 8.97. The Kier molecular flexibility index (Phi) is 5.35. The number of aromatic carboxylic acids is 1. The highest BCUT2D eigenvalue weighted by Gasteiger charge is 2.24. The highest BCUT2D eigenvalue weighted by molar-refractivity contribution is 6.35. The molecule has 6 rings (SSSR count). The maximum absolute atomic E-state index is 12.6. The lowest BCUT2D eigenvalue weighted by molar-refractivity contribution is -0.110. The number of hydrogen-bond donors (Lipinski definition) is 5. The van der Waals surface area contributed by atoms with Crippen LogP contribution in [0, 0.1) is 0 Å². The summed E-state index contributed by atoms with van der Waals surface area (Å²) in [4.78, 5) is 29.9. The average Bonchev–Trinajstić information content (AvgIpc) is 3.65. The number of carbonyl (C=O) groups excluding carboxylic acids is 1. The third kappa shape index (κ3) is 4.37. The molecule has 5 N–H and O–H groups in total. The number of benzene rings is 3. The fourth-order valence-electron chi connectivity index (χ4n) is 4.22. The Morgan fingerprint density at radius 2 is 1.62 bits per heavy atom. The van der Waals surface area contributed by atoms with Gasteiger partial charge in [0.05, 0.1) is 16.8 Å². The van der Waals surface area contributed by atoms with Crippen molar-refractivity contribution in [1.82, 2.24) is 20.2 Å². The van der Waals surface area contributed by atoms with E-state index in [-0.39, 0.29) is 11.5 Å². The minimum atomic E-state index is -1.03. The van der Waals surface area contributed by atoms with Gasteiger partial charge in [-0.3, -0.25) is 4.79 Å². The second-order valence-electron chi connectivity index (χ2n) is 8.52. The van der Waals surface area contributed by atoms with Crippen LogP contribution in [0.3, 0.4) is 0 Å². The van der Waals surface area contributed by atoms with Crippen LogP contribution >= 0.6 is 0 Å². The van der Waals surface area contributed by atoms with E-state index in [0.717, 1.165) is 28.1 Å². The molecular formula is C28H20N6O3. The number of amides is 1. The molecule has 0 spiro atoms. The van der Waals surface area contributed by atoms with Gasteiger partial charge in [-0.1, -0.05) is 48.5 Å². The largest absolute Gasteiger partial charge is 0.478 e. The molecule has 0 atom stereocenters. The van der Waals surface area contributed by atoms with Crippen LogP contribution in [0.25, 0.3) is 34.4 Å². The third-order valence-electron chi connectivity index (χ3n) is 6.01. The van der Waals surface area contributed by atoms with Crippen LogP contribution in [-0.4, -0.2) is 37.1 Å². The molecular weight excluding hydrogens is 468 g/mol. The first-order valence-electron chi connectivity index (χ1n) is 11.5. The molecule has 0 bridgehead atoms. The Hall–Kier alpha value is -5.44. The minimum absolute atomic E-state index is 0.133. The topological polar surface area (TPSA) is 136 Å². The van der Waals surface area contributed by atoms with E-state index in [1.54, 1.807) is 6.08 Å². The molecule has 3 aromatic carbocycles. The van der Waals surface area contributed by atoms with E-state index in [1.165, 1.54) is 12.3 Å². The standard InChI is InChI=1S/C28H20N6O3/c35-27-23(13-21-12-18(15-29-21)28(36)37)22-10-9-20(14-24(22)31-27)30-19-8-4-7-17(11-19)26-32-25(33-34-26)16-5-2-1-3-6-16/h1-15,29-30H,(H,31,35)(H,36,37)(H,32,33,34)/b23-13-. The SMILES string of the molecule is O=C1Nc2cc(Nc3cccc(-c4nnc(-c5ccccc5)[nH]4)c3)ccc2/C1=C/c1cc(C(=O)O)c[nH]1. The summed E-state index contributed by atoms with van der Waals surface area (Å²) in [6, 6.07) is 24.7. The Balaban J connectivity index is 1.23. The number of fused-ring (bicyclic) bond motifs is 1. The van der Waals surface area contributed by atoms with Crippen LogP contribution in [0.2, 0.25) is 0 Å². The molecule has 9 nitrogen and oxygen atoms in total. The molecule has 5 aromatic rings. The van der Waals surface area contributed by atoms with Gasteiger partial charge in [0.15, 0.2) is 11.6 Å². The van der Waals surface area contributed by atoms with Crippen LogP contribution in [0.4, 0.5) is 17.1 Å². The van der Waals surface area contributed by atoms with Gasteiger partial charge < -0.3 is 25.7 Å². The molecule has 0 unspecified atom stereocenters. The average molecular weight is 489 g/mol. The number of aromatic amines is 2. The van der Waals surface area contributed by atoms with Gasteiger partial charge in [-0.25, -0.2) is 4.79 Å². The summed E-state index contributed by atoms with van der Waals surface area (Å²) in [5.41, 5.74) is 6.04. The zero-order valence-electron chi connectivity index (χ0n) is 19.3. The van der Waals surface area contributed by atoms with Crippen molar-refractivity contribution in [3.63, 3.8) is 0 Å². The van der Waals surface area contributed by atoms with Crippen LogP contribution in [-0.2, 0) is 4.79 Å². The summed E-state index contributed by atoms with van der Waals surface area (Å²) in [6.45, 7) is 0. The number of aromatic nitrogens is 4. The summed E-state index contributed by atoms with van der Waals surface area (Å²) >= 11 is 0. The van der Waals surface area contributed by atoms with Crippen molar-refractivity contribution in [2.75, 3.05) is 10.6 Å². The van der Waals surface area contributed by atoms with E-state index in [1.807, 2.05) is 72.8 Å². The van der Waals surface area contributed by atoms with E-state index in [2.05, 4.69) is 30.8 Å². The van der Waals surface area contributed by atoms with Crippen molar-refractivity contribution in [2.24, 2.45) is 0 Å². The number of anilines is 3. The summed E-state index contributed by atoms with van der Waals surface area (Å²) in [5.74, 6) is 0.0802. The second-order valence-corrected chi connectivity index (χ2v) is 8.52. The molecule has 0 saturated heterocycles. The molecule has 0 fully saturated rings. The van der Waals surface area contributed by atoms with Crippen molar-refractivity contribution in [3.8, 4) is 22.8 Å². The Morgan fingerprint density at radius 1 is 0.865 bits per heavy atom. The molecule has 180 valence electrons. The van der Waals surface area contributed by atoms with Gasteiger partial charge in [0.25, 0.3) is 5.91 Å². The number of H-pyrrole nitrogens is 2. The molecule has 1 aliphatic rings. The number of hydrogen-bond acceptors (Lipinski definition) is 5. The fourth-order valence-corrected chi connectivity index (χ4v) is 4.22. The molecule has 1 amide bonds. The Morgan fingerprint density at radius 3 is 2.41 bits per heavy atom. The maximum Gasteiger partial charge on any atom is 0.337 e. The van der Waals surface area contributed by atoms with Crippen LogP contribution in [0.15, 0.2) is 85.1 Å². The zero-order valence-corrected chi connectivity index (χ0v) is 19.3. The van der Waals surface area contributed by atoms with E-state index < -0.39 is 5.97 Å². The van der Waals surface area contributed by atoms with Gasteiger partial charge in [0, 0.05) is 40.0 Å². The predicted molar refractivity (Wildman–Crippen MR) is 141 cm³/mol. The molecule has 0 saturated carbocycles. The maximum atomic E-state index is 12.6. The lowest BCUT2D eigenvalue weighted by atomic mass is 10.1. The van der Waals surface area contributed by atoms with Gasteiger partial charge in [-0.05, 0) is 36.4 Å². The smallest absolute Gasteiger partial charge is 0.337 e. The summed E-state index contributed by atoms with van der Waals surface area (Å²) < 4.78 is 0. The van der Waals surface area contributed by atoms with Crippen LogP contribution < -0.4 is 10.6 Å². The number of carboxylic acid groups (broad SMARTS) is 1. The zero-order chi connectivity index (χ0) is 25.4. The quantitative estimate of drug-likeness (QED) is 0.203. The number of nitrogens with one attached hydrogen (secondary N) is 4. The molecule has 37 heavy (non-hydrogen) atoms. The lowest BCUT2D eigenvalue weighted by Gasteiger charge is -2.09. The first-order valence-corrected chi connectivity index (χ1v) is 11.5. The number of rotatable bonds is 6. The molecule has 0 radical (unpaired) electrons. The Bertz CT molecular complexity index is 1680. The van der Waals surface area contributed by atoms with Gasteiger partial charge >= 0.3 is 5.97 Å². The molecule has 0 aliphatic carbocycles. The molecule has 3 heterocycles. The van der Waals surface area contributed by atoms with Gasteiger partial charge in [0.2, 0.25) is 0 Å². The van der Waals surface area contributed by atoms with Gasteiger partial charge in [0.1, 0.15) is 0 Å². The van der Waals surface area contributed by atoms with E-state index in [4.69, 9.17) is 5.11 Å². The number of carbonyl (C=O) groups is 2. The van der Waals surface area contributed by atoms with Gasteiger partial charge in [-0.15, -0.1) is 10.2 Å². The van der Waals surface area contributed by atoms with Crippen molar-refractivity contribution >= 4 is 40.6 Å². The number of nitrogens with zero attached hydrogens (tertiary/aromatic N) is 2. The van der Waals surface area contributed by atoms with Crippen molar-refractivity contribution in [1.29, 1.82) is 0 Å². The van der Waals surface area contributed by atoms with E-state index >= 15 is 0 Å². The predicted octanol–water partition coefficient (Wildman–Crippen LogP) is 5.40. The first kappa shape index (κ1) is 22.1. The third-order valence-corrected chi connectivity index (χ3v) is 6.01. The molecule has 9 heteroatoms. The molecule has 2 aromatic heterocycles. The fraction of sp³-hybridized carbons (Fsp3) is 0. The summed E-state index contributed by atoms with van der Waals surface area (Å²) in [6.07, 6.45) is 3.04. The molecule has 1 aliphatic heterocycles. The Labute approximate surface area is 210 Å².